The zero-order chi connectivity index (χ0) is 18.1. The largest absolute Gasteiger partial charge is 0.336 e. The lowest BCUT2D eigenvalue weighted by Crippen LogP contribution is -2.34. The molecule has 0 saturated heterocycles. The molecule has 1 aromatic carbocycles. The first-order valence-corrected chi connectivity index (χ1v) is 9.05. The van der Waals surface area contributed by atoms with Gasteiger partial charge in [0.15, 0.2) is 0 Å². The van der Waals surface area contributed by atoms with Crippen molar-refractivity contribution >= 4 is 22.5 Å². The van der Waals surface area contributed by atoms with Crippen LogP contribution in [0.4, 0.5) is 14.3 Å². The lowest BCUT2D eigenvalue weighted by atomic mass is 10.1. The number of halogens is 1. The summed E-state index contributed by atoms with van der Waals surface area (Å²) in [5, 5.41) is 15.1. The Balaban J connectivity index is 1.53. The molecule has 0 aliphatic heterocycles. The molecular formula is C17H17FN6OS. The van der Waals surface area contributed by atoms with E-state index in [1.165, 1.54) is 23.5 Å². The Labute approximate surface area is 153 Å². The van der Waals surface area contributed by atoms with Crippen molar-refractivity contribution in [3.05, 3.63) is 58.9 Å². The van der Waals surface area contributed by atoms with Crippen molar-refractivity contribution in [3.8, 4) is 0 Å². The van der Waals surface area contributed by atoms with Gasteiger partial charge in [0.1, 0.15) is 22.7 Å². The molecule has 2 N–H and O–H groups in total. The van der Waals surface area contributed by atoms with Gasteiger partial charge in [-0.25, -0.2) is 14.2 Å². The topological polar surface area (TPSA) is 84.7 Å². The first kappa shape index (κ1) is 16.6. The molecule has 0 bridgehead atoms. The maximum Gasteiger partial charge on any atom is 0.321 e. The van der Waals surface area contributed by atoms with Gasteiger partial charge < -0.3 is 9.88 Å². The lowest BCUT2D eigenvalue weighted by Gasteiger charge is -2.19. The number of imidazole rings is 1. The first-order chi connectivity index (χ1) is 12.6. The summed E-state index contributed by atoms with van der Waals surface area (Å²) < 4.78 is 15.4. The molecule has 26 heavy (non-hydrogen) atoms. The van der Waals surface area contributed by atoms with Gasteiger partial charge in [0.05, 0.1) is 0 Å². The number of rotatable bonds is 5. The van der Waals surface area contributed by atoms with E-state index in [1.54, 1.807) is 29.1 Å². The molecule has 2 heterocycles. The van der Waals surface area contributed by atoms with E-state index in [-0.39, 0.29) is 5.82 Å². The van der Waals surface area contributed by atoms with E-state index in [4.69, 9.17) is 0 Å². The minimum Gasteiger partial charge on any atom is -0.336 e. The highest BCUT2D eigenvalue weighted by Crippen LogP contribution is 2.42. The molecular weight excluding hydrogens is 355 g/mol. The third-order valence-electron chi connectivity index (χ3n) is 4.16. The number of nitrogens with one attached hydrogen (secondary N) is 2. The van der Waals surface area contributed by atoms with E-state index in [0.29, 0.717) is 22.4 Å². The van der Waals surface area contributed by atoms with Crippen LogP contribution in [-0.2, 0) is 7.05 Å². The molecule has 1 atom stereocenters. The number of urea groups is 1. The molecule has 2 amide bonds. The second kappa shape index (κ2) is 6.83. The van der Waals surface area contributed by atoms with Gasteiger partial charge in [0.2, 0.25) is 5.13 Å². The Hall–Kier alpha value is -2.81. The number of amides is 2. The zero-order valence-corrected chi connectivity index (χ0v) is 14.8. The van der Waals surface area contributed by atoms with Crippen molar-refractivity contribution in [3.63, 3.8) is 0 Å². The van der Waals surface area contributed by atoms with Gasteiger partial charge in [0, 0.05) is 25.4 Å². The van der Waals surface area contributed by atoms with Crippen LogP contribution >= 0.6 is 11.3 Å². The second-order valence-corrected chi connectivity index (χ2v) is 7.21. The van der Waals surface area contributed by atoms with E-state index < -0.39 is 12.1 Å². The van der Waals surface area contributed by atoms with Crippen molar-refractivity contribution in [1.82, 2.24) is 25.1 Å². The fourth-order valence-corrected chi connectivity index (χ4v) is 3.59. The monoisotopic (exact) mass is 372 g/mol. The number of aromatic nitrogens is 4. The molecule has 0 radical (unpaired) electrons. The standard InChI is InChI=1S/C17H17FN6OS/c1-24-8-7-19-14(24)13(11-3-2-4-12(18)9-11)20-16(25)21-17-23-22-15(26-17)10-5-6-10/h2-4,7-10,13H,5-6H2,1H3,(H2,20,21,23,25). The van der Waals surface area contributed by atoms with Crippen LogP contribution in [0.5, 0.6) is 0 Å². The van der Waals surface area contributed by atoms with Gasteiger partial charge in [-0.1, -0.05) is 23.5 Å². The predicted octanol–water partition coefficient (Wildman–Crippen LogP) is 3.20. The van der Waals surface area contributed by atoms with Crippen LogP contribution in [0.3, 0.4) is 0 Å². The highest BCUT2D eigenvalue weighted by atomic mass is 32.1. The van der Waals surface area contributed by atoms with Gasteiger partial charge in [-0.3, -0.25) is 5.32 Å². The highest BCUT2D eigenvalue weighted by Gasteiger charge is 2.28. The Bertz CT molecular complexity index is 935. The summed E-state index contributed by atoms with van der Waals surface area (Å²) in [7, 11) is 1.82. The van der Waals surface area contributed by atoms with E-state index in [1.807, 2.05) is 7.05 Å². The number of aryl methyl sites for hydroxylation is 1. The molecule has 1 aliphatic carbocycles. The molecule has 1 aliphatic rings. The molecule has 2 aromatic heterocycles. The second-order valence-electron chi connectivity index (χ2n) is 6.20. The molecule has 3 aromatic rings. The van der Waals surface area contributed by atoms with E-state index in [9.17, 15) is 9.18 Å². The van der Waals surface area contributed by atoms with Crippen LogP contribution in [0, 0.1) is 5.82 Å². The highest BCUT2D eigenvalue weighted by molar-refractivity contribution is 7.15. The third kappa shape index (κ3) is 3.57. The molecule has 1 unspecified atom stereocenters. The normalized spacial score (nSPS) is 14.8. The van der Waals surface area contributed by atoms with Gasteiger partial charge in [-0.05, 0) is 30.5 Å². The van der Waals surface area contributed by atoms with Crippen molar-refractivity contribution in [1.29, 1.82) is 0 Å². The predicted molar refractivity (Wildman–Crippen MR) is 95.5 cm³/mol. The summed E-state index contributed by atoms with van der Waals surface area (Å²) in [6.45, 7) is 0. The van der Waals surface area contributed by atoms with Crippen LogP contribution in [0.25, 0.3) is 0 Å². The summed E-state index contributed by atoms with van der Waals surface area (Å²) >= 11 is 1.38. The molecule has 9 heteroatoms. The first-order valence-electron chi connectivity index (χ1n) is 8.24. The number of carbonyl (C=O) groups is 1. The van der Waals surface area contributed by atoms with Crippen molar-refractivity contribution in [2.75, 3.05) is 5.32 Å². The molecule has 0 spiro atoms. The number of anilines is 1. The maximum atomic E-state index is 13.7. The van der Waals surface area contributed by atoms with Crippen LogP contribution in [-0.4, -0.2) is 25.8 Å². The lowest BCUT2D eigenvalue weighted by molar-refractivity contribution is 0.249. The SMILES string of the molecule is Cn1ccnc1C(NC(=O)Nc1nnc(C2CC2)s1)c1cccc(F)c1. The van der Waals surface area contributed by atoms with Gasteiger partial charge >= 0.3 is 6.03 Å². The molecule has 134 valence electrons. The average Bonchev–Trinajstić information content (AvgIpc) is 3.22. The maximum absolute atomic E-state index is 13.7. The van der Waals surface area contributed by atoms with Gasteiger partial charge in [0.25, 0.3) is 0 Å². The van der Waals surface area contributed by atoms with E-state index in [2.05, 4.69) is 25.8 Å². The fourth-order valence-electron chi connectivity index (χ4n) is 2.68. The quantitative estimate of drug-likeness (QED) is 0.720. The molecule has 1 fully saturated rings. The number of benzene rings is 1. The number of carbonyl (C=O) groups excluding carboxylic acids is 1. The van der Waals surface area contributed by atoms with Gasteiger partial charge in [-0.2, -0.15) is 0 Å². The Morgan fingerprint density at radius 2 is 2.23 bits per heavy atom. The van der Waals surface area contributed by atoms with E-state index in [0.717, 1.165) is 17.8 Å². The average molecular weight is 372 g/mol. The minimum atomic E-state index is -0.596. The van der Waals surface area contributed by atoms with Crippen molar-refractivity contribution in [2.45, 2.75) is 24.8 Å². The third-order valence-corrected chi connectivity index (χ3v) is 5.16. The Kier molecular flexibility index (Phi) is 4.37. The van der Waals surface area contributed by atoms with Crippen LogP contribution in [0.15, 0.2) is 36.7 Å². The van der Waals surface area contributed by atoms with Crippen LogP contribution in [0.1, 0.15) is 41.2 Å². The van der Waals surface area contributed by atoms with Crippen LogP contribution < -0.4 is 10.6 Å². The zero-order valence-electron chi connectivity index (χ0n) is 14.0. The molecule has 4 rings (SSSR count). The number of hydrogen-bond donors (Lipinski definition) is 2. The van der Waals surface area contributed by atoms with Crippen molar-refractivity contribution < 1.29 is 9.18 Å². The van der Waals surface area contributed by atoms with Gasteiger partial charge in [-0.15, -0.1) is 10.2 Å². The van der Waals surface area contributed by atoms with E-state index >= 15 is 0 Å². The summed E-state index contributed by atoms with van der Waals surface area (Å²) in [5.74, 6) is 0.711. The Morgan fingerprint density at radius 3 is 2.92 bits per heavy atom. The van der Waals surface area contributed by atoms with Crippen LogP contribution in [0.2, 0.25) is 0 Å². The summed E-state index contributed by atoms with van der Waals surface area (Å²) in [6, 6.07) is 5.06. The smallest absolute Gasteiger partial charge is 0.321 e. The molecule has 1 saturated carbocycles. The number of nitrogens with zero attached hydrogens (tertiary/aromatic N) is 4. The fraction of sp³-hybridized carbons (Fsp3) is 0.294. The minimum absolute atomic E-state index is 0.373. The molecule has 7 nitrogen and oxygen atoms in total. The summed E-state index contributed by atoms with van der Waals surface area (Å²) in [5.41, 5.74) is 0.602. The van der Waals surface area contributed by atoms with Crippen molar-refractivity contribution in [2.24, 2.45) is 7.05 Å². The number of hydrogen-bond acceptors (Lipinski definition) is 5. The Morgan fingerprint density at radius 1 is 1.38 bits per heavy atom. The summed E-state index contributed by atoms with van der Waals surface area (Å²) in [6.07, 6.45) is 5.66. The summed E-state index contributed by atoms with van der Waals surface area (Å²) in [4.78, 5) is 16.8.